The van der Waals surface area contributed by atoms with Crippen LogP contribution < -0.4 is 5.73 Å². The summed E-state index contributed by atoms with van der Waals surface area (Å²) < 4.78 is 0. The molecular weight excluding hydrogens is 162 g/mol. The van der Waals surface area contributed by atoms with Crippen molar-refractivity contribution in [1.82, 2.24) is 0 Å². The zero-order valence-electron chi connectivity index (χ0n) is 8.03. The van der Waals surface area contributed by atoms with E-state index in [2.05, 4.69) is 6.92 Å². The molecule has 0 bridgehead atoms. The first kappa shape index (κ1) is 10.1. The normalized spacial score (nSPS) is 12.8. The minimum Gasteiger partial charge on any atom is -0.399 e. The first-order valence-corrected chi connectivity index (χ1v) is 4.77. The van der Waals surface area contributed by atoms with Crippen LogP contribution in [0, 0.1) is 0 Å². The third kappa shape index (κ3) is 3.07. The van der Waals surface area contributed by atoms with Gasteiger partial charge in [-0.15, -0.1) is 0 Å². The molecule has 2 nitrogen and oxygen atoms in total. The Kier molecular flexibility index (Phi) is 3.77. The standard InChI is InChI=1S/C11H17NO/c1-2-3-4-11(13)9-5-7-10(12)8-6-9/h5-8,11,13H,2-4,12H2,1H3. The predicted octanol–water partition coefficient (Wildman–Crippen LogP) is 2.49. The second-order valence-corrected chi connectivity index (χ2v) is 3.32. The molecule has 0 aliphatic heterocycles. The summed E-state index contributed by atoms with van der Waals surface area (Å²) in [6.45, 7) is 2.12. The maximum atomic E-state index is 9.70. The van der Waals surface area contributed by atoms with Crippen LogP contribution in [-0.2, 0) is 0 Å². The van der Waals surface area contributed by atoms with Crippen LogP contribution in [0.3, 0.4) is 0 Å². The number of nitrogens with two attached hydrogens (primary N) is 1. The van der Waals surface area contributed by atoms with Crippen LogP contribution in [0.15, 0.2) is 24.3 Å². The van der Waals surface area contributed by atoms with Crippen LogP contribution in [0.5, 0.6) is 0 Å². The molecule has 0 aliphatic carbocycles. The van der Waals surface area contributed by atoms with Gasteiger partial charge in [-0.05, 0) is 24.1 Å². The molecule has 1 aromatic carbocycles. The second kappa shape index (κ2) is 4.87. The molecule has 3 N–H and O–H groups in total. The van der Waals surface area contributed by atoms with Crippen molar-refractivity contribution in [2.45, 2.75) is 32.3 Å². The number of hydrogen-bond donors (Lipinski definition) is 2. The van der Waals surface area contributed by atoms with Gasteiger partial charge in [0.05, 0.1) is 6.10 Å². The summed E-state index contributed by atoms with van der Waals surface area (Å²) in [5.41, 5.74) is 7.25. The SMILES string of the molecule is CCCCC(O)c1ccc(N)cc1. The Morgan fingerprint density at radius 2 is 1.92 bits per heavy atom. The molecule has 0 radical (unpaired) electrons. The summed E-state index contributed by atoms with van der Waals surface area (Å²) in [7, 11) is 0. The van der Waals surface area contributed by atoms with E-state index in [0.29, 0.717) is 0 Å². The average molecular weight is 179 g/mol. The van der Waals surface area contributed by atoms with Crippen LogP contribution in [-0.4, -0.2) is 5.11 Å². The third-order valence-corrected chi connectivity index (χ3v) is 2.15. The Morgan fingerprint density at radius 3 is 2.46 bits per heavy atom. The van der Waals surface area contributed by atoms with Gasteiger partial charge < -0.3 is 10.8 Å². The van der Waals surface area contributed by atoms with Crippen molar-refractivity contribution in [2.75, 3.05) is 5.73 Å². The van der Waals surface area contributed by atoms with Crippen LogP contribution in [0.25, 0.3) is 0 Å². The highest BCUT2D eigenvalue weighted by molar-refractivity contribution is 5.39. The second-order valence-electron chi connectivity index (χ2n) is 3.32. The predicted molar refractivity (Wildman–Crippen MR) is 55.3 cm³/mol. The highest BCUT2D eigenvalue weighted by atomic mass is 16.3. The number of aliphatic hydroxyl groups excluding tert-OH is 1. The minimum absolute atomic E-state index is 0.333. The van der Waals surface area contributed by atoms with Crippen molar-refractivity contribution >= 4 is 5.69 Å². The Bertz CT molecular complexity index is 243. The zero-order chi connectivity index (χ0) is 9.68. The summed E-state index contributed by atoms with van der Waals surface area (Å²) >= 11 is 0. The molecule has 13 heavy (non-hydrogen) atoms. The number of anilines is 1. The molecule has 1 aromatic rings. The van der Waals surface area contributed by atoms with Gasteiger partial charge in [-0.3, -0.25) is 0 Å². The van der Waals surface area contributed by atoms with Crippen molar-refractivity contribution in [3.05, 3.63) is 29.8 Å². The summed E-state index contributed by atoms with van der Waals surface area (Å²) in [4.78, 5) is 0. The fourth-order valence-electron chi connectivity index (χ4n) is 1.28. The number of nitrogen functional groups attached to an aromatic ring is 1. The Hall–Kier alpha value is -1.02. The molecule has 2 heteroatoms. The van der Waals surface area contributed by atoms with E-state index in [4.69, 9.17) is 5.73 Å². The molecule has 0 spiro atoms. The highest BCUT2D eigenvalue weighted by Gasteiger charge is 2.05. The lowest BCUT2D eigenvalue weighted by atomic mass is 10.0. The maximum absolute atomic E-state index is 9.70. The van der Waals surface area contributed by atoms with Gasteiger partial charge in [-0.2, -0.15) is 0 Å². The van der Waals surface area contributed by atoms with Gasteiger partial charge in [0.25, 0.3) is 0 Å². The topological polar surface area (TPSA) is 46.2 Å². The van der Waals surface area contributed by atoms with Gasteiger partial charge in [0.2, 0.25) is 0 Å². The molecule has 1 atom stereocenters. The summed E-state index contributed by atoms with van der Waals surface area (Å²) in [5.74, 6) is 0. The maximum Gasteiger partial charge on any atom is 0.0790 e. The summed E-state index contributed by atoms with van der Waals surface area (Å²) in [5, 5.41) is 9.70. The Morgan fingerprint density at radius 1 is 1.31 bits per heavy atom. The van der Waals surface area contributed by atoms with Crippen LogP contribution in [0.1, 0.15) is 37.9 Å². The smallest absolute Gasteiger partial charge is 0.0790 e. The monoisotopic (exact) mass is 179 g/mol. The van der Waals surface area contributed by atoms with Crippen molar-refractivity contribution in [3.63, 3.8) is 0 Å². The van der Waals surface area contributed by atoms with Gasteiger partial charge >= 0.3 is 0 Å². The molecule has 0 aromatic heterocycles. The van der Waals surface area contributed by atoms with Gasteiger partial charge in [0.1, 0.15) is 0 Å². The van der Waals surface area contributed by atoms with Crippen LogP contribution in [0.4, 0.5) is 5.69 Å². The van der Waals surface area contributed by atoms with E-state index in [-0.39, 0.29) is 6.10 Å². The van der Waals surface area contributed by atoms with Gasteiger partial charge in [-0.1, -0.05) is 31.9 Å². The van der Waals surface area contributed by atoms with Crippen molar-refractivity contribution in [1.29, 1.82) is 0 Å². The third-order valence-electron chi connectivity index (χ3n) is 2.15. The minimum atomic E-state index is -0.333. The molecule has 1 unspecified atom stereocenters. The molecule has 72 valence electrons. The first-order valence-electron chi connectivity index (χ1n) is 4.77. The molecule has 0 amide bonds. The van der Waals surface area contributed by atoms with E-state index in [1.54, 1.807) is 0 Å². The Labute approximate surface area is 79.4 Å². The summed E-state index contributed by atoms with van der Waals surface area (Å²) in [6, 6.07) is 7.42. The number of benzene rings is 1. The first-order chi connectivity index (χ1) is 6.24. The molecule has 0 saturated heterocycles. The molecule has 0 saturated carbocycles. The molecule has 0 heterocycles. The molecular formula is C11H17NO. The van der Waals surface area contributed by atoms with Crippen LogP contribution in [0.2, 0.25) is 0 Å². The van der Waals surface area contributed by atoms with E-state index in [1.807, 2.05) is 24.3 Å². The van der Waals surface area contributed by atoms with Gasteiger partial charge in [-0.25, -0.2) is 0 Å². The van der Waals surface area contributed by atoms with Crippen LogP contribution >= 0.6 is 0 Å². The number of aliphatic hydroxyl groups is 1. The van der Waals surface area contributed by atoms with Crippen molar-refractivity contribution < 1.29 is 5.11 Å². The zero-order valence-corrected chi connectivity index (χ0v) is 8.03. The quantitative estimate of drug-likeness (QED) is 0.697. The molecule has 0 aliphatic rings. The number of hydrogen-bond acceptors (Lipinski definition) is 2. The summed E-state index contributed by atoms with van der Waals surface area (Å²) in [6.07, 6.45) is 2.68. The van der Waals surface area contributed by atoms with E-state index >= 15 is 0 Å². The van der Waals surface area contributed by atoms with E-state index in [1.165, 1.54) is 0 Å². The lowest BCUT2D eigenvalue weighted by Crippen LogP contribution is -1.97. The van der Waals surface area contributed by atoms with Crippen molar-refractivity contribution in [2.24, 2.45) is 0 Å². The van der Waals surface area contributed by atoms with Gasteiger partial charge in [0, 0.05) is 5.69 Å². The number of unbranched alkanes of at least 4 members (excludes halogenated alkanes) is 1. The van der Waals surface area contributed by atoms with Gasteiger partial charge in [0.15, 0.2) is 0 Å². The fraction of sp³-hybridized carbons (Fsp3) is 0.455. The van der Waals surface area contributed by atoms with E-state index in [9.17, 15) is 5.11 Å². The number of rotatable bonds is 4. The fourth-order valence-corrected chi connectivity index (χ4v) is 1.28. The lowest BCUT2D eigenvalue weighted by Gasteiger charge is -2.09. The highest BCUT2D eigenvalue weighted by Crippen LogP contribution is 2.19. The van der Waals surface area contributed by atoms with E-state index in [0.717, 1.165) is 30.5 Å². The van der Waals surface area contributed by atoms with Crippen molar-refractivity contribution in [3.8, 4) is 0 Å². The Balaban J connectivity index is 2.55. The lowest BCUT2D eigenvalue weighted by molar-refractivity contribution is 0.164. The molecule has 1 rings (SSSR count). The largest absolute Gasteiger partial charge is 0.399 e. The average Bonchev–Trinajstić information content (AvgIpc) is 2.15. The molecule has 0 fully saturated rings. The van der Waals surface area contributed by atoms with E-state index < -0.39 is 0 Å².